The second-order valence-corrected chi connectivity index (χ2v) is 21.5. The first-order chi connectivity index (χ1) is 34.3. The molecule has 0 bridgehead atoms. The SMILES string of the molecule is C=CCC(OCNC1C(C)(C)C(Oc2ccc(C#N)c(Cl)c2)C1(C)C)N1CCC(CN2CCN(c3ccc4c(c3)C(=O)N(C3CCC(=O)N(COC(=O)NCCNC(=O)[C@@H](N)C(C)C)C3=O)C4=O)CC2)CC1. The van der Waals surface area contributed by atoms with Gasteiger partial charge in [-0.2, -0.15) is 5.26 Å². The van der Waals surface area contributed by atoms with Crippen molar-refractivity contribution < 1.29 is 43.0 Å². The molecule has 0 aromatic heterocycles. The number of nitrogens with two attached hydrogens (primary N) is 1. The first-order valence-corrected chi connectivity index (χ1v) is 25.5. The van der Waals surface area contributed by atoms with Crippen LogP contribution in [-0.4, -0.2) is 158 Å². The summed E-state index contributed by atoms with van der Waals surface area (Å²) in [6, 6.07) is 10.7. The molecule has 4 fully saturated rings. The molecule has 72 heavy (non-hydrogen) atoms. The van der Waals surface area contributed by atoms with Crippen LogP contribution in [0.25, 0.3) is 0 Å². The van der Waals surface area contributed by atoms with Crippen molar-refractivity contribution in [1.29, 1.82) is 5.26 Å². The molecule has 4 aliphatic heterocycles. The molecule has 4 heterocycles. The summed E-state index contributed by atoms with van der Waals surface area (Å²) in [5.41, 5.74) is 7.05. The summed E-state index contributed by atoms with van der Waals surface area (Å²) in [5.74, 6) is -1.86. The number of nitrogens with one attached hydrogen (secondary N) is 3. The number of fused-ring (bicyclic) bond motifs is 1. The Bertz CT molecular complexity index is 2390. The van der Waals surface area contributed by atoms with E-state index in [1.165, 1.54) is 0 Å². The van der Waals surface area contributed by atoms with Crippen LogP contribution in [-0.2, 0) is 23.9 Å². The van der Waals surface area contributed by atoms with Gasteiger partial charge in [0.15, 0.2) is 6.73 Å². The molecule has 390 valence electrons. The largest absolute Gasteiger partial charge is 0.489 e. The highest BCUT2D eigenvalue weighted by Gasteiger charge is 2.63. The van der Waals surface area contributed by atoms with Crippen LogP contribution in [0.1, 0.15) is 99.9 Å². The quantitative estimate of drug-likeness (QED) is 0.0628. The van der Waals surface area contributed by atoms with Crippen molar-refractivity contribution in [1.82, 2.24) is 35.6 Å². The maximum atomic E-state index is 13.9. The first-order valence-electron chi connectivity index (χ1n) is 25.1. The van der Waals surface area contributed by atoms with Crippen LogP contribution in [0.5, 0.6) is 5.75 Å². The minimum Gasteiger partial charge on any atom is -0.489 e. The number of anilines is 1. The fourth-order valence-electron chi connectivity index (χ4n) is 11.3. The Morgan fingerprint density at radius 2 is 1.61 bits per heavy atom. The number of amides is 6. The second-order valence-electron chi connectivity index (χ2n) is 21.1. The molecule has 3 atom stereocenters. The van der Waals surface area contributed by atoms with Gasteiger partial charge in [0.05, 0.1) is 34.5 Å². The second kappa shape index (κ2) is 23.1. The van der Waals surface area contributed by atoms with Crippen molar-refractivity contribution >= 4 is 52.9 Å². The molecule has 3 saturated heterocycles. The summed E-state index contributed by atoms with van der Waals surface area (Å²) < 4.78 is 18.1. The van der Waals surface area contributed by atoms with Crippen LogP contribution in [0, 0.1) is 34.0 Å². The van der Waals surface area contributed by atoms with E-state index in [-0.39, 0.29) is 78.1 Å². The molecule has 19 nitrogen and oxygen atoms in total. The van der Waals surface area contributed by atoms with Gasteiger partial charge in [-0.05, 0) is 61.4 Å². The van der Waals surface area contributed by atoms with Gasteiger partial charge >= 0.3 is 6.09 Å². The zero-order valence-electron chi connectivity index (χ0n) is 42.4. The fourth-order valence-corrected chi connectivity index (χ4v) is 11.5. The van der Waals surface area contributed by atoms with E-state index in [0.29, 0.717) is 35.4 Å². The molecule has 20 heteroatoms. The lowest BCUT2D eigenvalue weighted by Crippen LogP contribution is -2.74. The summed E-state index contributed by atoms with van der Waals surface area (Å²) in [6.07, 6.45) is 3.47. The van der Waals surface area contributed by atoms with E-state index >= 15 is 0 Å². The number of piperidine rings is 2. The van der Waals surface area contributed by atoms with E-state index in [2.05, 4.69) is 71.0 Å². The van der Waals surface area contributed by atoms with Crippen molar-refractivity contribution in [3.8, 4) is 11.8 Å². The van der Waals surface area contributed by atoms with Crippen molar-refractivity contribution in [2.75, 3.05) is 77.3 Å². The Labute approximate surface area is 427 Å². The molecule has 0 spiro atoms. The topological polar surface area (TPSA) is 232 Å². The number of carbonyl (C=O) groups is 6. The molecule has 2 unspecified atom stereocenters. The minimum atomic E-state index is -1.24. The number of benzene rings is 2. The van der Waals surface area contributed by atoms with Gasteiger partial charge in [0.1, 0.15) is 30.2 Å². The summed E-state index contributed by atoms with van der Waals surface area (Å²) in [7, 11) is 0. The van der Waals surface area contributed by atoms with Crippen LogP contribution in [0.4, 0.5) is 10.5 Å². The zero-order chi connectivity index (χ0) is 52.1. The molecular formula is C52H71ClN10O9. The maximum absolute atomic E-state index is 13.9. The third-order valence-corrected chi connectivity index (χ3v) is 15.4. The van der Waals surface area contributed by atoms with Crippen LogP contribution in [0.2, 0.25) is 5.02 Å². The normalized spacial score (nSPS) is 23.3. The number of alkyl carbamates (subject to hydrolysis) is 1. The van der Waals surface area contributed by atoms with E-state index in [0.717, 1.165) is 74.1 Å². The number of hydrogen-bond acceptors (Lipinski definition) is 15. The van der Waals surface area contributed by atoms with Crippen molar-refractivity contribution in [2.24, 2.45) is 28.4 Å². The highest BCUT2D eigenvalue weighted by molar-refractivity contribution is 6.31. The average Bonchev–Trinajstić information content (AvgIpc) is 3.60. The van der Waals surface area contributed by atoms with E-state index in [1.54, 1.807) is 30.3 Å². The molecule has 7 rings (SSSR count). The highest BCUT2D eigenvalue weighted by Crippen LogP contribution is 2.55. The Morgan fingerprint density at radius 1 is 0.931 bits per heavy atom. The lowest BCUT2D eigenvalue weighted by molar-refractivity contribution is -0.180. The van der Waals surface area contributed by atoms with Gasteiger partial charge in [-0.25, -0.2) is 9.69 Å². The molecule has 2 aromatic rings. The van der Waals surface area contributed by atoms with E-state index in [4.69, 9.17) is 31.5 Å². The van der Waals surface area contributed by atoms with Gasteiger partial charge in [0.25, 0.3) is 17.7 Å². The number of halogens is 1. The van der Waals surface area contributed by atoms with Gasteiger partial charge in [-0.1, -0.05) is 59.2 Å². The number of ether oxygens (including phenoxy) is 3. The van der Waals surface area contributed by atoms with Crippen molar-refractivity contribution in [3.05, 3.63) is 70.8 Å². The van der Waals surface area contributed by atoms with E-state index in [1.807, 2.05) is 26.0 Å². The predicted octanol–water partition coefficient (Wildman–Crippen LogP) is 4.29. The molecule has 1 aliphatic carbocycles. The lowest BCUT2D eigenvalue weighted by Gasteiger charge is -2.63. The Hall–Kier alpha value is -5.62. The van der Waals surface area contributed by atoms with Gasteiger partial charge < -0.3 is 35.5 Å². The standard InChI is InChI=1S/C52H71ClN10O9/c1-8-9-42(70-30-58-48-51(4,5)49(52(48,6)7)72-36-12-10-34(28-54)39(53)27-36)61-20-16-33(17-21-61)29-59-22-24-60(25-23-59)35-11-13-37-38(26-35)46(67)63(45(37)66)40-14-15-41(64)62(47(40)68)31-71-50(69)57-19-18-56-44(65)43(55)32(2)3/h8,10-13,26-27,32-33,40,42-43,48-49,58H,1,9,14-25,29-31,55H2,2-7H3,(H,56,65)(H,57,69)/t40?,42?,43-,48?,49?/m0/s1. The van der Waals surface area contributed by atoms with Gasteiger partial charge in [0, 0.05) is 100 Å². The van der Waals surface area contributed by atoms with E-state index in [9.17, 15) is 34.0 Å². The monoisotopic (exact) mass is 1010 g/mol. The Morgan fingerprint density at radius 3 is 2.26 bits per heavy atom. The van der Waals surface area contributed by atoms with Crippen LogP contribution in [0.15, 0.2) is 49.1 Å². The number of nitriles is 1. The summed E-state index contributed by atoms with van der Waals surface area (Å²) in [5, 5.41) is 18.4. The number of carbonyl (C=O) groups excluding carboxylic acids is 6. The number of piperazine rings is 1. The molecular weight excluding hydrogens is 944 g/mol. The van der Waals surface area contributed by atoms with Crippen LogP contribution < -0.4 is 31.3 Å². The number of nitrogens with zero attached hydrogens (tertiary/aromatic N) is 6. The molecule has 6 amide bonds. The average molecular weight is 1020 g/mol. The third kappa shape index (κ3) is 11.7. The van der Waals surface area contributed by atoms with E-state index < -0.39 is 48.5 Å². The lowest BCUT2D eigenvalue weighted by atomic mass is 9.49. The number of hydrogen-bond donors (Lipinski definition) is 4. The van der Waals surface area contributed by atoms with Crippen molar-refractivity contribution in [2.45, 2.75) is 104 Å². The molecule has 2 aromatic carbocycles. The smallest absolute Gasteiger partial charge is 0.408 e. The number of imide groups is 2. The summed E-state index contributed by atoms with van der Waals surface area (Å²) in [6.45, 7) is 22.2. The predicted molar refractivity (Wildman–Crippen MR) is 270 cm³/mol. The van der Waals surface area contributed by atoms with Gasteiger partial charge in [0.2, 0.25) is 11.8 Å². The third-order valence-electron chi connectivity index (χ3n) is 15.1. The molecule has 5 aliphatic rings. The first kappa shape index (κ1) is 54.2. The van der Waals surface area contributed by atoms with Gasteiger partial charge in [-0.15, -0.1) is 6.58 Å². The Balaban J connectivity index is 0.833. The Kier molecular flexibility index (Phi) is 17.4. The molecule has 1 saturated carbocycles. The van der Waals surface area contributed by atoms with Crippen LogP contribution >= 0.6 is 11.6 Å². The zero-order valence-corrected chi connectivity index (χ0v) is 43.2. The molecule has 0 radical (unpaired) electrons. The number of likely N-dealkylation sites (tertiary alicyclic amines) is 2. The van der Waals surface area contributed by atoms with Gasteiger partial charge in [-0.3, -0.25) is 44.0 Å². The highest BCUT2D eigenvalue weighted by atomic mass is 35.5. The van der Waals surface area contributed by atoms with Crippen LogP contribution in [0.3, 0.4) is 0 Å². The number of rotatable bonds is 20. The summed E-state index contributed by atoms with van der Waals surface area (Å²) >= 11 is 6.30. The van der Waals surface area contributed by atoms with Crippen molar-refractivity contribution in [3.63, 3.8) is 0 Å². The fraction of sp³-hybridized carbons (Fsp3) is 0.596. The summed E-state index contributed by atoms with van der Waals surface area (Å²) in [4.78, 5) is 87.1. The molecule has 5 N–H and O–H groups in total. The maximum Gasteiger partial charge on any atom is 0.408 e. The minimum absolute atomic E-state index is 0.0141.